The van der Waals surface area contributed by atoms with Gasteiger partial charge in [0.2, 0.25) is 0 Å². The van der Waals surface area contributed by atoms with Crippen LogP contribution in [0.3, 0.4) is 0 Å². The topological polar surface area (TPSA) is 77.1 Å². The van der Waals surface area contributed by atoms with E-state index in [9.17, 15) is 14.0 Å². The molecule has 5 rings (SSSR count). The summed E-state index contributed by atoms with van der Waals surface area (Å²) >= 11 is 0. The first-order valence-electron chi connectivity index (χ1n) is 15.2. The van der Waals surface area contributed by atoms with Crippen LogP contribution in [0, 0.1) is 5.82 Å². The first-order chi connectivity index (χ1) is 21.0. The van der Waals surface area contributed by atoms with Gasteiger partial charge in [-0.3, -0.25) is 9.59 Å². The fourth-order valence-corrected chi connectivity index (χ4v) is 5.73. The van der Waals surface area contributed by atoms with Gasteiger partial charge in [0.15, 0.2) is 17.3 Å². The van der Waals surface area contributed by atoms with Crippen LogP contribution in [0.2, 0.25) is 0 Å². The Labute approximate surface area is 252 Å². The van der Waals surface area contributed by atoms with Crippen LogP contribution in [-0.2, 0) is 22.5 Å². The molecule has 2 unspecified atom stereocenters. The Morgan fingerprint density at radius 3 is 2.51 bits per heavy atom. The van der Waals surface area contributed by atoms with Crippen LogP contribution >= 0.6 is 0 Å². The second-order valence-corrected chi connectivity index (χ2v) is 10.8. The first-order valence-corrected chi connectivity index (χ1v) is 15.2. The fraction of sp³-hybridized carbons (Fsp3) is 0.371. The summed E-state index contributed by atoms with van der Waals surface area (Å²) in [5.41, 5.74) is 2.80. The standard InChI is InChI=1S/C35H39FN2O5/c1-3-41-31-18-15-25(21-32(31)42-4-2)19-20-37-34(39)26-16-13-24(14-17-26)22-33-35(40)38(23-27-9-5-6-10-28(27)36)29-11-7-8-12-30(29)43-33/h5-6,9-10,13-18,21-22,29-30H,3-4,7-8,11-12,19-20,23H2,1-2H3,(H,37,39)/b33-22-. The van der Waals surface area contributed by atoms with E-state index >= 15 is 0 Å². The molecule has 3 aromatic carbocycles. The zero-order valence-electron chi connectivity index (χ0n) is 24.8. The van der Waals surface area contributed by atoms with Gasteiger partial charge >= 0.3 is 0 Å². The zero-order valence-corrected chi connectivity index (χ0v) is 24.8. The number of hydrogen-bond acceptors (Lipinski definition) is 5. The zero-order chi connectivity index (χ0) is 30.2. The minimum absolute atomic E-state index is 0.0718. The molecule has 2 fully saturated rings. The number of halogens is 1. The molecule has 3 aromatic rings. The summed E-state index contributed by atoms with van der Waals surface area (Å²) in [4.78, 5) is 28.1. The van der Waals surface area contributed by atoms with Gasteiger partial charge in [-0.1, -0.05) is 42.8 Å². The summed E-state index contributed by atoms with van der Waals surface area (Å²) in [5, 5.41) is 2.97. The minimum Gasteiger partial charge on any atom is -0.490 e. The van der Waals surface area contributed by atoms with Crippen LogP contribution in [0.15, 0.2) is 72.5 Å². The summed E-state index contributed by atoms with van der Waals surface area (Å²) in [7, 11) is 0. The third-order valence-electron chi connectivity index (χ3n) is 7.89. The molecule has 2 amide bonds. The van der Waals surface area contributed by atoms with Gasteiger partial charge in [0, 0.05) is 24.2 Å². The van der Waals surface area contributed by atoms with Crippen molar-refractivity contribution < 1.29 is 28.2 Å². The molecule has 0 bridgehead atoms. The van der Waals surface area contributed by atoms with Gasteiger partial charge in [0.1, 0.15) is 11.9 Å². The molecule has 0 spiro atoms. The molecule has 2 atom stereocenters. The average Bonchev–Trinajstić information content (AvgIpc) is 3.02. The molecule has 1 heterocycles. The average molecular weight is 587 g/mol. The Kier molecular flexibility index (Phi) is 9.97. The highest BCUT2D eigenvalue weighted by molar-refractivity contribution is 5.97. The Balaban J connectivity index is 1.22. The number of benzene rings is 3. The Morgan fingerprint density at radius 1 is 1.00 bits per heavy atom. The smallest absolute Gasteiger partial charge is 0.289 e. The lowest BCUT2D eigenvalue weighted by Crippen LogP contribution is -2.54. The van der Waals surface area contributed by atoms with Crippen molar-refractivity contribution in [3.63, 3.8) is 0 Å². The molecule has 43 heavy (non-hydrogen) atoms. The van der Waals surface area contributed by atoms with Crippen LogP contribution in [0.4, 0.5) is 4.39 Å². The quantitative estimate of drug-likeness (QED) is 0.267. The highest BCUT2D eigenvalue weighted by Crippen LogP contribution is 2.34. The molecule has 226 valence electrons. The molecule has 1 aliphatic heterocycles. The van der Waals surface area contributed by atoms with Crippen molar-refractivity contribution in [2.45, 2.75) is 64.6 Å². The molecular weight excluding hydrogens is 547 g/mol. The molecule has 7 nitrogen and oxygen atoms in total. The molecule has 0 radical (unpaired) electrons. The molecule has 1 aliphatic carbocycles. The van der Waals surface area contributed by atoms with Crippen molar-refractivity contribution >= 4 is 17.9 Å². The molecule has 1 saturated carbocycles. The molecule has 8 heteroatoms. The number of nitrogens with one attached hydrogen (secondary N) is 1. The van der Waals surface area contributed by atoms with E-state index in [-0.39, 0.29) is 42.1 Å². The van der Waals surface area contributed by atoms with E-state index in [4.69, 9.17) is 14.2 Å². The van der Waals surface area contributed by atoms with E-state index in [1.54, 1.807) is 53.4 Å². The van der Waals surface area contributed by atoms with Crippen molar-refractivity contribution in [2.75, 3.05) is 19.8 Å². The van der Waals surface area contributed by atoms with Crippen LogP contribution in [0.5, 0.6) is 11.5 Å². The number of morpholine rings is 1. The number of hydrogen-bond donors (Lipinski definition) is 1. The summed E-state index contributed by atoms with van der Waals surface area (Å²) in [5.74, 6) is 0.926. The van der Waals surface area contributed by atoms with E-state index < -0.39 is 0 Å². The number of carbonyl (C=O) groups is 2. The number of fused-ring (bicyclic) bond motifs is 1. The summed E-state index contributed by atoms with van der Waals surface area (Å²) in [6.07, 6.45) is 5.99. The molecule has 1 saturated heterocycles. The van der Waals surface area contributed by atoms with Crippen LogP contribution in [-0.4, -0.2) is 48.6 Å². The second-order valence-electron chi connectivity index (χ2n) is 10.8. The lowest BCUT2D eigenvalue weighted by molar-refractivity contribution is -0.149. The SMILES string of the molecule is CCOc1ccc(CCNC(=O)c2ccc(/C=C3\OC4CCCCC4N(Cc4ccccc4F)C3=O)cc2)cc1OCC. The van der Waals surface area contributed by atoms with Crippen LogP contribution in [0.25, 0.3) is 6.08 Å². The van der Waals surface area contributed by atoms with E-state index in [2.05, 4.69) is 5.32 Å². The van der Waals surface area contributed by atoms with Gasteiger partial charge in [-0.25, -0.2) is 4.39 Å². The lowest BCUT2D eigenvalue weighted by atomic mass is 9.89. The molecule has 0 aromatic heterocycles. The predicted octanol–water partition coefficient (Wildman–Crippen LogP) is 6.31. The van der Waals surface area contributed by atoms with Crippen molar-refractivity contribution in [3.05, 3.63) is 101 Å². The van der Waals surface area contributed by atoms with Gasteiger partial charge in [0.25, 0.3) is 11.8 Å². The number of rotatable bonds is 11. The predicted molar refractivity (Wildman–Crippen MR) is 163 cm³/mol. The maximum atomic E-state index is 14.5. The summed E-state index contributed by atoms with van der Waals surface area (Å²) in [6.45, 7) is 5.63. The monoisotopic (exact) mass is 586 g/mol. The largest absolute Gasteiger partial charge is 0.490 e. The lowest BCUT2D eigenvalue weighted by Gasteiger charge is -2.44. The number of amides is 2. The van der Waals surface area contributed by atoms with E-state index in [0.717, 1.165) is 36.8 Å². The third-order valence-corrected chi connectivity index (χ3v) is 7.89. The molecular formula is C35H39FN2O5. The highest BCUT2D eigenvalue weighted by atomic mass is 19.1. The van der Waals surface area contributed by atoms with E-state index in [1.165, 1.54) is 6.07 Å². The Bertz CT molecular complexity index is 1450. The molecule has 2 aliphatic rings. The molecule has 1 N–H and O–H groups in total. The number of ether oxygens (including phenoxy) is 3. The normalized spacial score (nSPS) is 19.0. The minimum atomic E-state index is -0.316. The van der Waals surface area contributed by atoms with Crippen molar-refractivity contribution in [2.24, 2.45) is 0 Å². The number of nitrogens with zero attached hydrogens (tertiary/aromatic N) is 1. The van der Waals surface area contributed by atoms with Gasteiger partial charge < -0.3 is 24.4 Å². The van der Waals surface area contributed by atoms with Gasteiger partial charge in [0.05, 0.1) is 19.3 Å². The van der Waals surface area contributed by atoms with Crippen LogP contribution in [0.1, 0.15) is 66.6 Å². The highest BCUT2D eigenvalue weighted by Gasteiger charge is 2.41. The first kappa shape index (κ1) is 30.1. The maximum absolute atomic E-state index is 14.5. The van der Waals surface area contributed by atoms with Gasteiger partial charge in [-0.15, -0.1) is 0 Å². The second kappa shape index (κ2) is 14.2. The van der Waals surface area contributed by atoms with Crippen LogP contribution < -0.4 is 14.8 Å². The van der Waals surface area contributed by atoms with Gasteiger partial charge in [-0.05, 0) is 87.1 Å². The van der Waals surface area contributed by atoms with Gasteiger partial charge in [-0.2, -0.15) is 0 Å². The summed E-state index contributed by atoms with van der Waals surface area (Å²) < 4.78 is 32.0. The maximum Gasteiger partial charge on any atom is 0.289 e. The van der Waals surface area contributed by atoms with Crippen molar-refractivity contribution in [1.29, 1.82) is 0 Å². The summed E-state index contributed by atoms with van der Waals surface area (Å²) in [6, 6.07) is 19.4. The van der Waals surface area contributed by atoms with E-state index in [1.807, 2.05) is 32.0 Å². The number of carbonyl (C=O) groups excluding carboxylic acids is 2. The third kappa shape index (κ3) is 7.37. The van der Waals surface area contributed by atoms with Crippen molar-refractivity contribution in [1.82, 2.24) is 10.2 Å². The fourth-order valence-electron chi connectivity index (χ4n) is 5.73. The Morgan fingerprint density at radius 2 is 1.74 bits per heavy atom. The van der Waals surface area contributed by atoms with E-state index in [0.29, 0.717) is 48.8 Å². The van der Waals surface area contributed by atoms with Crippen molar-refractivity contribution in [3.8, 4) is 11.5 Å². The Hall–Kier alpha value is -4.33.